The van der Waals surface area contributed by atoms with Crippen LogP contribution in [-0.4, -0.2) is 58.5 Å². The van der Waals surface area contributed by atoms with Gasteiger partial charge in [0, 0.05) is 42.7 Å². The lowest BCUT2D eigenvalue weighted by molar-refractivity contribution is 0.0945. The monoisotopic (exact) mass is 579 g/mol. The van der Waals surface area contributed by atoms with Gasteiger partial charge < -0.3 is 30.2 Å². The first-order valence-electron chi connectivity index (χ1n) is 14.4. The van der Waals surface area contributed by atoms with Crippen molar-refractivity contribution in [1.29, 1.82) is 5.26 Å². The summed E-state index contributed by atoms with van der Waals surface area (Å²) in [5.41, 5.74) is 2.43. The number of methoxy groups -OCH3 is 1. The SMILES string of the molecule is COc1nc2c(F)c(-c3cc(O)cc4ccccc34)c(CCC#N)cc2c2c1c(C(=O)NCCO)cn2C1C2CNC1C2. The second-order valence-electron chi connectivity index (χ2n) is 11.3. The quantitative estimate of drug-likeness (QED) is 0.212. The Morgan fingerprint density at radius 2 is 2.12 bits per heavy atom. The predicted octanol–water partition coefficient (Wildman–Crippen LogP) is 4.57. The van der Waals surface area contributed by atoms with Crippen LogP contribution in [0.4, 0.5) is 4.39 Å². The maximum absolute atomic E-state index is 17.1. The Balaban J connectivity index is 1.58. The van der Waals surface area contributed by atoms with E-state index < -0.39 is 5.82 Å². The standard InChI is InChI=1S/C33H30FN5O4/c1-43-33-27-24(32(42)36-9-10-40)16-39(30-19-13-25(30)37-15-19)31(27)23-12-18(6-4-8-35)26(28(34)29(23)38-33)22-14-20(41)11-17-5-2-3-7-21(17)22/h2-3,5,7,11-12,14,16,19,25,30,37,40-41H,4,6,9-10,13,15H2,1H3,(H,36,42). The van der Waals surface area contributed by atoms with Gasteiger partial charge in [0.25, 0.3) is 5.91 Å². The third kappa shape index (κ3) is 4.19. The fourth-order valence-electron chi connectivity index (χ4n) is 7.02. The highest BCUT2D eigenvalue weighted by molar-refractivity contribution is 6.17. The number of amides is 1. The van der Waals surface area contributed by atoms with Gasteiger partial charge in [-0.05, 0) is 58.9 Å². The number of aryl methyl sites for hydroxylation is 1. The first-order valence-corrected chi connectivity index (χ1v) is 14.4. The molecule has 3 aliphatic rings. The number of nitrogens with zero attached hydrogens (tertiary/aromatic N) is 3. The zero-order chi connectivity index (χ0) is 29.8. The molecule has 4 N–H and O–H groups in total. The third-order valence-corrected chi connectivity index (χ3v) is 8.91. The number of aromatic nitrogens is 2. The zero-order valence-corrected chi connectivity index (χ0v) is 23.5. The van der Waals surface area contributed by atoms with Crippen molar-refractivity contribution in [2.24, 2.45) is 5.92 Å². The number of benzene rings is 3. The van der Waals surface area contributed by atoms with Gasteiger partial charge in [-0.25, -0.2) is 9.37 Å². The maximum atomic E-state index is 17.1. The molecular formula is C33H30FN5O4. The van der Waals surface area contributed by atoms with E-state index in [1.807, 2.05) is 30.3 Å². The lowest BCUT2D eigenvalue weighted by atomic mass is 9.80. The van der Waals surface area contributed by atoms with Gasteiger partial charge >= 0.3 is 0 Å². The van der Waals surface area contributed by atoms with Crippen LogP contribution >= 0.6 is 0 Å². The van der Waals surface area contributed by atoms with Crippen LogP contribution in [0.2, 0.25) is 0 Å². The van der Waals surface area contributed by atoms with Crippen molar-refractivity contribution in [3.8, 4) is 28.8 Å². The topological polar surface area (TPSA) is 132 Å². The van der Waals surface area contributed by atoms with Gasteiger partial charge in [0.1, 0.15) is 11.3 Å². The molecule has 4 heterocycles. The van der Waals surface area contributed by atoms with Crippen molar-refractivity contribution < 1.29 is 24.1 Å². The summed E-state index contributed by atoms with van der Waals surface area (Å²) in [5.74, 6) is -0.491. The maximum Gasteiger partial charge on any atom is 0.253 e. The van der Waals surface area contributed by atoms with Gasteiger partial charge in [-0.15, -0.1) is 0 Å². The van der Waals surface area contributed by atoms with Gasteiger partial charge in [0.05, 0.1) is 42.3 Å². The molecule has 1 amide bonds. The molecule has 2 bridgehead atoms. The van der Waals surface area contributed by atoms with Crippen LogP contribution in [0, 0.1) is 23.1 Å². The first-order chi connectivity index (χ1) is 20.9. The Morgan fingerprint density at radius 3 is 2.84 bits per heavy atom. The Bertz CT molecular complexity index is 1970. The number of phenols is 1. The predicted molar refractivity (Wildman–Crippen MR) is 161 cm³/mol. The summed E-state index contributed by atoms with van der Waals surface area (Å²) >= 11 is 0. The van der Waals surface area contributed by atoms with Crippen LogP contribution in [0.25, 0.3) is 43.7 Å². The van der Waals surface area contributed by atoms with E-state index in [0.717, 1.165) is 23.7 Å². The summed E-state index contributed by atoms with van der Waals surface area (Å²) in [7, 11) is 1.44. The average Bonchev–Trinajstić information content (AvgIpc) is 3.75. The first kappa shape index (κ1) is 27.1. The highest BCUT2D eigenvalue weighted by atomic mass is 19.1. The van der Waals surface area contributed by atoms with Gasteiger partial charge in [0.2, 0.25) is 5.88 Å². The number of phenolic OH excluding ortho intramolecular Hbond substituents is 1. The number of hydrogen-bond acceptors (Lipinski definition) is 7. The van der Waals surface area contributed by atoms with E-state index in [4.69, 9.17) is 4.74 Å². The number of pyridine rings is 1. The molecule has 8 rings (SSSR count). The van der Waals surface area contributed by atoms with E-state index in [-0.39, 0.29) is 66.7 Å². The summed E-state index contributed by atoms with van der Waals surface area (Å²) in [6, 6.07) is 15.0. The Hall–Kier alpha value is -4.72. The highest BCUT2D eigenvalue weighted by Crippen LogP contribution is 2.49. The van der Waals surface area contributed by atoms with Crippen molar-refractivity contribution in [2.45, 2.75) is 31.3 Å². The number of aliphatic hydroxyl groups is 1. The molecule has 3 unspecified atom stereocenters. The fourth-order valence-corrected chi connectivity index (χ4v) is 7.02. The number of nitrogens with one attached hydrogen (secondary N) is 2. The highest BCUT2D eigenvalue weighted by Gasteiger charge is 2.48. The van der Waals surface area contributed by atoms with Crippen molar-refractivity contribution in [1.82, 2.24) is 20.2 Å². The largest absolute Gasteiger partial charge is 0.508 e. The van der Waals surface area contributed by atoms with E-state index in [1.165, 1.54) is 7.11 Å². The molecule has 3 atom stereocenters. The molecule has 2 aromatic heterocycles. The van der Waals surface area contributed by atoms with E-state index in [2.05, 4.69) is 26.3 Å². The molecule has 3 aromatic carbocycles. The van der Waals surface area contributed by atoms with Gasteiger partial charge in [-0.3, -0.25) is 4.79 Å². The lowest BCUT2D eigenvalue weighted by Gasteiger charge is -2.36. The fraction of sp³-hybridized carbons (Fsp3) is 0.303. The van der Waals surface area contributed by atoms with Crippen LogP contribution in [-0.2, 0) is 6.42 Å². The van der Waals surface area contributed by atoms with Crippen molar-refractivity contribution in [2.75, 3.05) is 26.8 Å². The second kappa shape index (κ2) is 10.5. The minimum atomic E-state index is -0.588. The normalized spacial score (nSPS) is 19.1. The molecule has 43 heavy (non-hydrogen) atoms. The third-order valence-electron chi connectivity index (χ3n) is 8.91. The lowest BCUT2D eigenvalue weighted by Crippen LogP contribution is -2.38. The summed E-state index contributed by atoms with van der Waals surface area (Å²) in [4.78, 5) is 18.0. The smallest absolute Gasteiger partial charge is 0.253 e. The number of nitriles is 1. The number of fused-ring (bicyclic) bond motifs is 5. The summed E-state index contributed by atoms with van der Waals surface area (Å²) in [6.07, 6.45) is 3.25. The molecule has 9 nitrogen and oxygen atoms in total. The molecule has 0 spiro atoms. The number of halogens is 1. The molecule has 1 aliphatic carbocycles. The van der Waals surface area contributed by atoms with Gasteiger partial charge in [0.15, 0.2) is 5.82 Å². The van der Waals surface area contributed by atoms with Crippen LogP contribution in [0.5, 0.6) is 11.6 Å². The number of carbonyl (C=O) groups is 1. The van der Waals surface area contributed by atoms with Crippen molar-refractivity contribution in [3.05, 3.63) is 65.6 Å². The number of ether oxygens (including phenoxy) is 1. The Labute approximate surface area is 246 Å². The Kier molecular flexibility index (Phi) is 6.64. The van der Waals surface area contributed by atoms with Crippen LogP contribution in [0.15, 0.2) is 48.7 Å². The van der Waals surface area contributed by atoms with Crippen molar-refractivity contribution >= 4 is 38.5 Å². The summed E-state index contributed by atoms with van der Waals surface area (Å²) in [6.45, 7) is 0.732. The van der Waals surface area contributed by atoms with E-state index in [1.54, 1.807) is 18.3 Å². The van der Waals surface area contributed by atoms with Crippen LogP contribution in [0.1, 0.15) is 34.8 Å². The van der Waals surface area contributed by atoms with E-state index in [9.17, 15) is 20.3 Å². The molecule has 3 fully saturated rings. The minimum absolute atomic E-state index is 0.000732. The van der Waals surface area contributed by atoms with Crippen LogP contribution < -0.4 is 15.4 Å². The number of aliphatic hydroxyl groups excluding tert-OH is 1. The summed E-state index contributed by atoms with van der Waals surface area (Å²) in [5, 5.41) is 38.2. The molecule has 1 saturated carbocycles. The van der Waals surface area contributed by atoms with E-state index >= 15 is 4.39 Å². The van der Waals surface area contributed by atoms with E-state index in [0.29, 0.717) is 38.9 Å². The Morgan fingerprint density at radius 1 is 1.28 bits per heavy atom. The number of aromatic hydroxyl groups is 1. The minimum Gasteiger partial charge on any atom is -0.508 e. The molecule has 0 radical (unpaired) electrons. The number of carbonyl (C=O) groups excluding carboxylic acids is 1. The molecule has 5 aromatic rings. The zero-order valence-electron chi connectivity index (χ0n) is 23.5. The van der Waals surface area contributed by atoms with Crippen LogP contribution in [0.3, 0.4) is 0 Å². The van der Waals surface area contributed by atoms with Crippen molar-refractivity contribution in [3.63, 3.8) is 0 Å². The van der Waals surface area contributed by atoms with Gasteiger partial charge in [-0.2, -0.15) is 5.26 Å². The average molecular weight is 580 g/mol. The summed E-state index contributed by atoms with van der Waals surface area (Å²) < 4.78 is 24.8. The number of rotatable bonds is 8. The molecule has 218 valence electrons. The molecular weight excluding hydrogens is 549 g/mol. The second-order valence-corrected chi connectivity index (χ2v) is 11.3. The van der Waals surface area contributed by atoms with Gasteiger partial charge in [-0.1, -0.05) is 24.3 Å². The molecule has 10 heteroatoms. The molecule has 2 aliphatic heterocycles. The number of hydrogen-bond donors (Lipinski definition) is 4. The molecule has 2 saturated heterocycles.